The summed E-state index contributed by atoms with van der Waals surface area (Å²) >= 11 is 6.12. The van der Waals surface area contributed by atoms with Gasteiger partial charge in [0.15, 0.2) is 0 Å². The van der Waals surface area contributed by atoms with Crippen molar-refractivity contribution in [2.75, 3.05) is 13.7 Å². The van der Waals surface area contributed by atoms with E-state index in [1.165, 1.54) is 0 Å². The Labute approximate surface area is 156 Å². The SMILES string of the molecule is COc1cccc(C(=O)N2CCc3[nH]nc(-c4cccc(Cl)c4)c3C2)c1. The number of carbonyl (C=O) groups excluding carboxylic acids is 1. The molecule has 1 N–H and O–H groups in total. The molecular formula is C20H18ClN3O2. The van der Waals surface area contributed by atoms with E-state index in [0.717, 1.165) is 28.9 Å². The Hall–Kier alpha value is -2.79. The standard InChI is InChI=1S/C20H18ClN3O2/c1-26-16-7-3-5-14(11-16)20(25)24-9-8-18-17(12-24)19(23-22-18)13-4-2-6-15(21)10-13/h2-7,10-11H,8-9,12H2,1H3,(H,22,23). The molecule has 26 heavy (non-hydrogen) atoms. The van der Waals surface area contributed by atoms with Gasteiger partial charge in [-0.15, -0.1) is 0 Å². The zero-order chi connectivity index (χ0) is 18.1. The maximum Gasteiger partial charge on any atom is 0.254 e. The molecule has 0 saturated heterocycles. The molecule has 6 heteroatoms. The minimum absolute atomic E-state index is 0.00667. The number of hydrogen-bond acceptors (Lipinski definition) is 3. The number of nitrogens with one attached hydrogen (secondary N) is 1. The number of benzene rings is 2. The molecule has 1 aromatic heterocycles. The summed E-state index contributed by atoms with van der Waals surface area (Å²) < 4.78 is 5.23. The van der Waals surface area contributed by atoms with Crippen molar-refractivity contribution < 1.29 is 9.53 Å². The Bertz CT molecular complexity index is 967. The largest absolute Gasteiger partial charge is 0.497 e. The highest BCUT2D eigenvalue weighted by molar-refractivity contribution is 6.30. The third-order valence-corrected chi connectivity index (χ3v) is 4.87. The van der Waals surface area contributed by atoms with Crippen LogP contribution >= 0.6 is 11.6 Å². The average Bonchev–Trinajstić information content (AvgIpc) is 3.10. The normalized spacial score (nSPS) is 13.4. The van der Waals surface area contributed by atoms with Crippen LogP contribution in [0.4, 0.5) is 0 Å². The van der Waals surface area contributed by atoms with E-state index in [-0.39, 0.29) is 5.91 Å². The number of nitrogens with zero attached hydrogens (tertiary/aromatic N) is 2. The van der Waals surface area contributed by atoms with Gasteiger partial charge in [0.1, 0.15) is 5.75 Å². The summed E-state index contributed by atoms with van der Waals surface area (Å²) in [5.41, 5.74) is 4.56. The summed E-state index contributed by atoms with van der Waals surface area (Å²) in [7, 11) is 1.60. The predicted molar refractivity (Wildman–Crippen MR) is 100 cm³/mol. The molecule has 0 bridgehead atoms. The number of H-pyrrole nitrogens is 1. The van der Waals surface area contributed by atoms with E-state index in [4.69, 9.17) is 16.3 Å². The highest BCUT2D eigenvalue weighted by Gasteiger charge is 2.26. The second-order valence-corrected chi connectivity index (χ2v) is 6.68. The fourth-order valence-electron chi connectivity index (χ4n) is 3.28. The van der Waals surface area contributed by atoms with Crippen LogP contribution in [0.15, 0.2) is 48.5 Å². The van der Waals surface area contributed by atoms with Gasteiger partial charge in [0.25, 0.3) is 5.91 Å². The molecule has 1 aliphatic rings. The van der Waals surface area contributed by atoms with Crippen molar-refractivity contribution in [1.29, 1.82) is 0 Å². The van der Waals surface area contributed by atoms with Gasteiger partial charge in [-0.25, -0.2) is 0 Å². The van der Waals surface area contributed by atoms with Gasteiger partial charge >= 0.3 is 0 Å². The van der Waals surface area contributed by atoms with Crippen molar-refractivity contribution in [3.8, 4) is 17.0 Å². The van der Waals surface area contributed by atoms with Crippen molar-refractivity contribution in [2.24, 2.45) is 0 Å². The third-order valence-electron chi connectivity index (χ3n) is 4.64. The lowest BCUT2D eigenvalue weighted by molar-refractivity contribution is 0.0734. The number of amides is 1. The molecule has 0 atom stereocenters. The lowest BCUT2D eigenvalue weighted by Crippen LogP contribution is -2.35. The Kier molecular flexibility index (Phi) is 4.39. The number of aromatic nitrogens is 2. The molecule has 1 amide bonds. The smallest absolute Gasteiger partial charge is 0.254 e. The first-order valence-corrected chi connectivity index (χ1v) is 8.79. The molecule has 0 unspecified atom stereocenters. The number of hydrogen-bond donors (Lipinski definition) is 1. The van der Waals surface area contributed by atoms with Gasteiger partial charge in [-0.1, -0.05) is 29.8 Å². The monoisotopic (exact) mass is 367 g/mol. The lowest BCUT2D eigenvalue weighted by Gasteiger charge is -2.27. The molecule has 4 rings (SSSR count). The van der Waals surface area contributed by atoms with Crippen LogP contribution in [0, 0.1) is 0 Å². The Morgan fingerprint density at radius 3 is 2.88 bits per heavy atom. The molecule has 2 heterocycles. The Balaban J connectivity index is 1.63. The summed E-state index contributed by atoms with van der Waals surface area (Å²) in [6, 6.07) is 14.9. The van der Waals surface area contributed by atoms with Gasteiger partial charge < -0.3 is 9.64 Å². The van der Waals surface area contributed by atoms with Gasteiger partial charge in [0.2, 0.25) is 0 Å². The van der Waals surface area contributed by atoms with Crippen LogP contribution in [0.5, 0.6) is 5.75 Å². The first kappa shape index (κ1) is 16.7. The zero-order valence-electron chi connectivity index (χ0n) is 14.3. The lowest BCUT2D eigenvalue weighted by atomic mass is 10.0. The van der Waals surface area contributed by atoms with E-state index in [9.17, 15) is 4.79 Å². The van der Waals surface area contributed by atoms with Crippen LogP contribution in [0.2, 0.25) is 5.02 Å². The van der Waals surface area contributed by atoms with Gasteiger partial charge in [-0.3, -0.25) is 9.89 Å². The minimum atomic E-state index is -0.00667. The Morgan fingerprint density at radius 1 is 1.23 bits per heavy atom. The van der Waals surface area contributed by atoms with Crippen LogP contribution < -0.4 is 4.74 Å². The molecule has 1 aliphatic heterocycles. The van der Waals surface area contributed by atoms with E-state index in [1.807, 2.05) is 47.4 Å². The van der Waals surface area contributed by atoms with E-state index in [2.05, 4.69) is 10.2 Å². The molecule has 3 aromatic rings. The quantitative estimate of drug-likeness (QED) is 0.762. The second kappa shape index (κ2) is 6.84. The molecule has 132 valence electrons. The van der Waals surface area contributed by atoms with Crippen molar-refractivity contribution >= 4 is 17.5 Å². The maximum absolute atomic E-state index is 12.9. The number of methoxy groups -OCH3 is 1. The highest BCUT2D eigenvalue weighted by atomic mass is 35.5. The summed E-state index contributed by atoms with van der Waals surface area (Å²) in [5.74, 6) is 0.671. The van der Waals surface area contributed by atoms with E-state index < -0.39 is 0 Å². The van der Waals surface area contributed by atoms with Crippen molar-refractivity contribution in [1.82, 2.24) is 15.1 Å². The maximum atomic E-state index is 12.9. The number of aromatic amines is 1. The van der Waals surface area contributed by atoms with Crippen LogP contribution in [-0.4, -0.2) is 34.7 Å². The van der Waals surface area contributed by atoms with Crippen molar-refractivity contribution in [3.05, 3.63) is 70.4 Å². The van der Waals surface area contributed by atoms with Gasteiger partial charge in [0.05, 0.1) is 12.8 Å². The summed E-state index contributed by atoms with van der Waals surface area (Å²) in [6.07, 6.45) is 0.749. The molecular weight excluding hydrogens is 350 g/mol. The topological polar surface area (TPSA) is 58.2 Å². The molecule has 0 fully saturated rings. The number of carbonyl (C=O) groups is 1. The minimum Gasteiger partial charge on any atom is -0.497 e. The average molecular weight is 368 g/mol. The summed E-state index contributed by atoms with van der Waals surface area (Å²) in [4.78, 5) is 14.8. The zero-order valence-corrected chi connectivity index (χ0v) is 15.1. The van der Waals surface area contributed by atoms with Crippen LogP contribution in [0.3, 0.4) is 0 Å². The number of halogens is 1. The van der Waals surface area contributed by atoms with Gasteiger partial charge in [-0.05, 0) is 30.3 Å². The fraction of sp³-hybridized carbons (Fsp3) is 0.200. The predicted octanol–water partition coefficient (Wildman–Crippen LogP) is 3.94. The van der Waals surface area contributed by atoms with Crippen LogP contribution in [0.1, 0.15) is 21.6 Å². The summed E-state index contributed by atoms with van der Waals surface area (Å²) in [6.45, 7) is 1.17. The molecule has 5 nitrogen and oxygen atoms in total. The van der Waals surface area contributed by atoms with Gasteiger partial charge in [0, 0.05) is 46.9 Å². The first-order valence-electron chi connectivity index (χ1n) is 8.41. The van der Waals surface area contributed by atoms with Gasteiger partial charge in [-0.2, -0.15) is 5.10 Å². The van der Waals surface area contributed by atoms with E-state index in [1.54, 1.807) is 13.2 Å². The summed E-state index contributed by atoms with van der Waals surface area (Å²) in [5, 5.41) is 8.24. The van der Waals surface area contributed by atoms with Crippen molar-refractivity contribution in [3.63, 3.8) is 0 Å². The molecule has 0 spiro atoms. The molecule has 0 aliphatic carbocycles. The van der Waals surface area contributed by atoms with E-state index in [0.29, 0.717) is 29.4 Å². The molecule has 0 radical (unpaired) electrons. The van der Waals surface area contributed by atoms with Crippen molar-refractivity contribution in [2.45, 2.75) is 13.0 Å². The first-order chi connectivity index (χ1) is 12.7. The second-order valence-electron chi connectivity index (χ2n) is 6.25. The number of fused-ring (bicyclic) bond motifs is 1. The third kappa shape index (κ3) is 3.06. The number of ether oxygens (including phenoxy) is 1. The molecule has 0 saturated carbocycles. The van der Waals surface area contributed by atoms with Crippen LogP contribution in [-0.2, 0) is 13.0 Å². The fourth-order valence-corrected chi connectivity index (χ4v) is 3.47. The Morgan fingerprint density at radius 2 is 2.08 bits per heavy atom. The van der Waals surface area contributed by atoms with E-state index >= 15 is 0 Å². The highest BCUT2D eigenvalue weighted by Crippen LogP contribution is 2.30. The number of rotatable bonds is 3. The van der Waals surface area contributed by atoms with Crippen LogP contribution in [0.25, 0.3) is 11.3 Å². The molecule has 2 aromatic carbocycles.